The van der Waals surface area contributed by atoms with Gasteiger partial charge in [-0.15, -0.1) is 0 Å². The summed E-state index contributed by atoms with van der Waals surface area (Å²) < 4.78 is 0. The summed E-state index contributed by atoms with van der Waals surface area (Å²) in [5.74, 6) is -1.20. The smallest absolute Gasteiger partial charge is 0.337 e. The van der Waals surface area contributed by atoms with Gasteiger partial charge in [-0.05, 0) is 6.92 Å². The molecule has 8 nitrogen and oxygen atoms in total. The summed E-state index contributed by atoms with van der Waals surface area (Å²) in [6.07, 6.45) is 1.27. The van der Waals surface area contributed by atoms with Gasteiger partial charge in [0, 0.05) is 25.4 Å². The topological polar surface area (TPSA) is 120 Å². The molecule has 0 atom stereocenters. The lowest BCUT2D eigenvalue weighted by atomic mass is 10.2. The largest absolute Gasteiger partial charge is 0.478 e. The van der Waals surface area contributed by atoms with Crippen LogP contribution in [-0.2, 0) is 0 Å². The quantitative estimate of drug-likeness (QED) is 0.609. The molecule has 0 fully saturated rings. The van der Waals surface area contributed by atoms with Crippen LogP contribution in [0.3, 0.4) is 0 Å². The standard InChI is InChI=1S/C11H12N4O4/c1-2-14(5-3-4-12)10-9(15(18)19)6-8(7-13-10)11(16)17/h6-7H,2-3,5H2,1H3,(H,16,17). The van der Waals surface area contributed by atoms with E-state index in [9.17, 15) is 14.9 Å². The van der Waals surface area contributed by atoms with Crippen molar-refractivity contribution in [2.24, 2.45) is 0 Å². The Hall–Kier alpha value is -2.69. The molecule has 0 bridgehead atoms. The van der Waals surface area contributed by atoms with E-state index in [0.717, 1.165) is 12.3 Å². The number of aromatic carboxylic acids is 1. The van der Waals surface area contributed by atoms with Gasteiger partial charge in [0.15, 0.2) is 0 Å². The number of carbonyl (C=O) groups is 1. The summed E-state index contributed by atoms with van der Waals surface area (Å²) in [6, 6.07) is 2.92. The fourth-order valence-electron chi connectivity index (χ4n) is 1.54. The van der Waals surface area contributed by atoms with Gasteiger partial charge in [0.25, 0.3) is 0 Å². The van der Waals surface area contributed by atoms with E-state index < -0.39 is 10.9 Å². The number of carboxylic acids is 1. The van der Waals surface area contributed by atoms with E-state index >= 15 is 0 Å². The molecule has 100 valence electrons. The summed E-state index contributed by atoms with van der Waals surface area (Å²) in [7, 11) is 0. The maximum absolute atomic E-state index is 11.0. The second-order valence-electron chi connectivity index (χ2n) is 3.62. The van der Waals surface area contributed by atoms with Crippen LogP contribution >= 0.6 is 0 Å². The number of nitriles is 1. The highest BCUT2D eigenvalue weighted by Crippen LogP contribution is 2.26. The van der Waals surface area contributed by atoms with Crippen LogP contribution in [0, 0.1) is 21.4 Å². The summed E-state index contributed by atoms with van der Waals surface area (Å²) >= 11 is 0. The molecular formula is C11H12N4O4. The Labute approximate surface area is 109 Å². The van der Waals surface area contributed by atoms with Crippen LogP contribution < -0.4 is 4.90 Å². The number of aromatic nitrogens is 1. The van der Waals surface area contributed by atoms with Gasteiger partial charge in [0.05, 0.1) is 23.0 Å². The lowest BCUT2D eigenvalue weighted by Crippen LogP contribution is -2.25. The zero-order chi connectivity index (χ0) is 14.4. The van der Waals surface area contributed by atoms with Crippen molar-refractivity contribution in [3.63, 3.8) is 0 Å². The molecule has 0 saturated carbocycles. The van der Waals surface area contributed by atoms with E-state index in [-0.39, 0.29) is 23.5 Å². The van der Waals surface area contributed by atoms with Crippen molar-refractivity contribution >= 4 is 17.5 Å². The third kappa shape index (κ3) is 3.38. The highest BCUT2D eigenvalue weighted by atomic mass is 16.6. The first-order valence-corrected chi connectivity index (χ1v) is 5.50. The second kappa shape index (κ2) is 6.30. The minimum Gasteiger partial charge on any atom is -0.478 e. The predicted molar refractivity (Wildman–Crippen MR) is 66.0 cm³/mol. The summed E-state index contributed by atoms with van der Waals surface area (Å²) in [4.78, 5) is 26.5. The van der Waals surface area contributed by atoms with Crippen LogP contribution in [0.5, 0.6) is 0 Å². The molecule has 0 aromatic carbocycles. The molecule has 19 heavy (non-hydrogen) atoms. The Balaban J connectivity index is 3.22. The van der Waals surface area contributed by atoms with Gasteiger partial charge in [0.1, 0.15) is 0 Å². The highest BCUT2D eigenvalue weighted by molar-refractivity contribution is 5.88. The number of hydrogen-bond donors (Lipinski definition) is 1. The highest BCUT2D eigenvalue weighted by Gasteiger charge is 2.22. The first-order valence-electron chi connectivity index (χ1n) is 5.50. The molecule has 0 amide bonds. The maximum atomic E-state index is 11.0. The SMILES string of the molecule is CCN(CCC#N)c1ncc(C(=O)O)cc1[N+](=O)[O-]. The van der Waals surface area contributed by atoms with E-state index in [1.54, 1.807) is 11.8 Å². The monoisotopic (exact) mass is 264 g/mol. The van der Waals surface area contributed by atoms with Crippen molar-refractivity contribution in [3.8, 4) is 6.07 Å². The molecule has 1 N–H and O–H groups in total. The Bertz CT molecular complexity index is 538. The molecule has 0 radical (unpaired) electrons. The summed E-state index contributed by atoms with van der Waals surface area (Å²) in [6.45, 7) is 2.50. The van der Waals surface area contributed by atoms with Crippen molar-refractivity contribution in [2.75, 3.05) is 18.0 Å². The van der Waals surface area contributed by atoms with Crippen LogP contribution in [0.1, 0.15) is 23.7 Å². The first-order chi connectivity index (χ1) is 9.01. The van der Waals surface area contributed by atoms with Gasteiger partial charge in [-0.25, -0.2) is 9.78 Å². The molecular weight excluding hydrogens is 252 g/mol. The lowest BCUT2D eigenvalue weighted by Gasteiger charge is -2.20. The van der Waals surface area contributed by atoms with Gasteiger partial charge >= 0.3 is 11.7 Å². The molecule has 0 spiro atoms. The molecule has 1 aromatic rings. The number of hydrogen-bond acceptors (Lipinski definition) is 6. The predicted octanol–water partition coefficient (Wildman–Crippen LogP) is 1.43. The molecule has 1 rings (SSSR count). The zero-order valence-corrected chi connectivity index (χ0v) is 10.2. The maximum Gasteiger partial charge on any atom is 0.337 e. The summed E-state index contributed by atoms with van der Waals surface area (Å²) in [5.41, 5.74) is -0.619. The van der Waals surface area contributed by atoms with Crippen molar-refractivity contribution in [2.45, 2.75) is 13.3 Å². The minimum absolute atomic E-state index is 0.0766. The average molecular weight is 264 g/mol. The van der Waals surface area contributed by atoms with Gasteiger partial charge in [-0.3, -0.25) is 10.1 Å². The summed E-state index contributed by atoms with van der Waals surface area (Å²) in [5, 5.41) is 28.3. The van der Waals surface area contributed by atoms with Crippen LogP contribution in [0.25, 0.3) is 0 Å². The van der Waals surface area contributed by atoms with E-state index in [4.69, 9.17) is 10.4 Å². The van der Waals surface area contributed by atoms with Crippen LogP contribution in [0.4, 0.5) is 11.5 Å². The Morgan fingerprint density at radius 2 is 2.37 bits per heavy atom. The van der Waals surface area contributed by atoms with Crippen molar-refractivity contribution in [1.29, 1.82) is 5.26 Å². The third-order valence-electron chi connectivity index (χ3n) is 2.47. The van der Waals surface area contributed by atoms with Crippen LogP contribution in [0.15, 0.2) is 12.3 Å². The zero-order valence-electron chi connectivity index (χ0n) is 10.2. The number of nitrogens with zero attached hydrogens (tertiary/aromatic N) is 4. The van der Waals surface area contributed by atoms with E-state index in [1.807, 2.05) is 6.07 Å². The lowest BCUT2D eigenvalue weighted by molar-refractivity contribution is -0.384. The average Bonchev–Trinajstić information content (AvgIpc) is 2.39. The minimum atomic E-state index is -1.28. The van der Waals surface area contributed by atoms with Gasteiger partial charge in [-0.1, -0.05) is 0 Å². The number of nitro groups is 1. The van der Waals surface area contributed by atoms with Crippen molar-refractivity contribution < 1.29 is 14.8 Å². The van der Waals surface area contributed by atoms with E-state index in [1.165, 1.54) is 0 Å². The molecule has 0 aliphatic heterocycles. The molecule has 1 heterocycles. The normalized spacial score (nSPS) is 9.68. The number of anilines is 1. The molecule has 0 saturated heterocycles. The Morgan fingerprint density at radius 3 is 2.84 bits per heavy atom. The van der Waals surface area contributed by atoms with Gasteiger partial charge < -0.3 is 10.0 Å². The molecule has 0 aliphatic carbocycles. The van der Waals surface area contributed by atoms with Crippen molar-refractivity contribution in [3.05, 3.63) is 27.9 Å². The Morgan fingerprint density at radius 1 is 1.68 bits per heavy atom. The van der Waals surface area contributed by atoms with Crippen molar-refractivity contribution in [1.82, 2.24) is 4.98 Å². The van der Waals surface area contributed by atoms with Crippen LogP contribution in [-0.4, -0.2) is 34.1 Å². The number of rotatable bonds is 6. The Kier molecular flexibility index (Phi) is 4.76. The van der Waals surface area contributed by atoms with Gasteiger partial charge in [-0.2, -0.15) is 5.26 Å². The molecule has 0 unspecified atom stereocenters. The fraction of sp³-hybridized carbons (Fsp3) is 0.364. The molecule has 1 aromatic heterocycles. The second-order valence-corrected chi connectivity index (χ2v) is 3.62. The fourth-order valence-corrected chi connectivity index (χ4v) is 1.54. The van der Waals surface area contributed by atoms with E-state index in [0.29, 0.717) is 13.1 Å². The van der Waals surface area contributed by atoms with Crippen LogP contribution in [0.2, 0.25) is 0 Å². The van der Waals surface area contributed by atoms with E-state index in [2.05, 4.69) is 4.98 Å². The number of pyridine rings is 1. The first kappa shape index (κ1) is 14.4. The molecule has 0 aliphatic rings. The number of carboxylic acid groups (broad SMARTS) is 1. The molecule has 8 heteroatoms. The van der Waals surface area contributed by atoms with Gasteiger partial charge in [0.2, 0.25) is 5.82 Å². The third-order valence-corrected chi connectivity index (χ3v) is 2.47.